The third kappa shape index (κ3) is 6.70. The summed E-state index contributed by atoms with van der Waals surface area (Å²) in [6.07, 6.45) is 2.70. The monoisotopic (exact) mass is 605 g/mol. The summed E-state index contributed by atoms with van der Waals surface area (Å²) in [6, 6.07) is 26.1. The summed E-state index contributed by atoms with van der Waals surface area (Å²) in [4.78, 5) is 40.8. The average molecular weight is 606 g/mol. The van der Waals surface area contributed by atoms with Crippen LogP contribution in [0.5, 0.6) is 0 Å². The Morgan fingerprint density at radius 2 is 1.53 bits per heavy atom. The second-order valence-corrected chi connectivity index (χ2v) is 11.1. The number of piperidine rings is 1. The molecule has 4 aromatic carbocycles. The number of carboxylic acids is 1. The molecule has 1 aliphatic rings. The summed E-state index contributed by atoms with van der Waals surface area (Å²) in [6.45, 7) is 2.13. The number of hydrogen-bond acceptors (Lipinski definition) is 5. The molecule has 0 radical (unpaired) electrons. The van der Waals surface area contributed by atoms with Crippen molar-refractivity contribution in [3.8, 4) is 0 Å². The lowest BCUT2D eigenvalue weighted by molar-refractivity contribution is -0.136. The maximum Gasteiger partial charge on any atom is 0.307 e. The summed E-state index contributed by atoms with van der Waals surface area (Å²) in [5, 5.41) is 20.4. The average Bonchev–Trinajstić information content (AvgIpc) is 3.41. The zero-order valence-corrected chi connectivity index (χ0v) is 24.5. The van der Waals surface area contributed by atoms with E-state index in [1.807, 2.05) is 65.3 Å². The van der Waals surface area contributed by atoms with E-state index in [1.165, 1.54) is 6.07 Å². The quantitative estimate of drug-likeness (QED) is 0.180. The van der Waals surface area contributed by atoms with E-state index in [1.54, 1.807) is 12.1 Å². The van der Waals surface area contributed by atoms with Crippen LogP contribution in [0.3, 0.4) is 0 Å². The lowest BCUT2D eigenvalue weighted by atomic mass is 10.1. The predicted octanol–water partition coefficient (Wildman–Crippen LogP) is 6.35. The number of amides is 2. The SMILES string of the molecule is O=C(O)Cc1cc(F)ccc1NC(=O)c1ccc(N2CCCCC2)c(NC(=O)c2nn(Cc3ccccc3)c3ccccc23)c1. The van der Waals surface area contributed by atoms with Crippen LogP contribution in [0.2, 0.25) is 0 Å². The Kier molecular flexibility index (Phi) is 8.54. The van der Waals surface area contributed by atoms with Crippen LogP contribution in [-0.2, 0) is 17.8 Å². The van der Waals surface area contributed by atoms with Gasteiger partial charge in [-0.3, -0.25) is 19.1 Å². The minimum Gasteiger partial charge on any atom is -0.481 e. The van der Waals surface area contributed by atoms with E-state index in [9.17, 15) is 23.9 Å². The van der Waals surface area contributed by atoms with Crippen LogP contribution in [0.4, 0.5) is 21.5 Å². The van der Waals surface area contributed by atoms with E-state index in [-0.39, 0.29) is 22.5 Å². The van der Waals surface area contributed by atoms with Gasteiger partial charge in [-0.1, -0.05) is 48.5 Å². The number of aromatic nitrogens is 2. The van der Waals surface area contributed by atoms with Crippen molar-refractivity contribution in [1.29, 1.82) is 0 Å². The molecule has 1 saturated heterocycles. The van der Waals surface area contributed by atoms with Crippen LogP contribution in [0.15, 0.2) is 91.0 Å². The highest BCUT2D eigenvalue weighted by molar-refractivity contribution is 6.13. The molecule has 0 bridgehead atoms. The van der Waals surface area contributed by atoms with Crippen LogP contribution >= 0.6 is 0 Å². The van der Waals surface area contributed by atoms with Crippen molar-refractivity contribution in [3.05, 3.63) is 119 Å². The number of nitrogens with one attached hydrogen (secondary N) is 2. The van der Waals surface area contributed by atoms with Crippen LogP contribution in [-0.4, -0.2) is 45.8 Å². The molecule has 9 nitrogen and oxygen atoms in total. The molecule has 3 N–H and O–H groups in total. The second kappa shape index (κ2) is 13.0. The van der Waals surface area contributed by atoms with E-state index in [0.717, 1.165) is 61.3 Å². The molecular weight excluding hydrogens is 573 g/mol. The number of nitrogens with zero attached hydrogens (tertiary/aromatic N) is 3. The van der Waals surface area contributed by atoms with Crippen molar-refractivity contribution in [2.45, 2.75) is 32.2 Å². The van der Waals surface area contributed by atoms with Crippen LogP contribution in [0.1, 0.15) is 51.2 Å². The molecule has 0 saturated carbocycles. The number of fused-ring (bicyclic) bond motifs is 1. The lowest BCUT2D eigenvalue weighted by Gasteiger charge is -2.30. The number of carbonyl (C=O) groups is 3. The van der Waals surface area contributed by atoms with Crippen LogP contribution in [0, 0.1) is 5.82 Å². The van der Waals surface area contributed by atoms with Gasteiger partial charge < -0.3 is 20.6 Å². The van der Waals surface area contributed by atoms with Gasteiger partial charge >= 0.3 is 5.97 Å². The molecule has 0 unspecified atom stereocenters. The molecule has 0 aliphatic carbocycles. The predicted molar refractivity (Wildman–Crippen MR) is 171 cm³/mol. The van der Waals surface area contributed by atoms with E-state index in [0.29, 0.717) is 17.6 Å². The highest BCUT2D eigenvalue weighted by Gasteiger charge is 2.22. The number of aliphatic carboxylic acids is 1. The first-order valence-corrected chi connectivity index (χ1v) is 14.9. The molecule has 2 amide bonds. The first kappa shape index (κ1) is 29.6. The van der Waals surface area contributed by atoms with Gasteiger partial charge in [0.05, 0.1) is 29.9 Å². The normalized spacial score (nSPS) is 13.0. The number of rotatable bonds is 9. The Balaban J connectivity index is 1.32. The minimum atomic E-state index is -1.15. The molecule has 2 heterocycles. The van der Waals surface area contributed by atoms with Crippen molar-refractivity contribution >= 4 is 45.7 Å². The van der Waals surface area contributed by atoms with Crippen molar-refractivity contribution in [2.24, 2.45) is 0 Å². The van der Waals surface area contributed by atoms with Crippen molar-refractivity contribution in [2.75, 3.05) is 28.6 Å². The third-order valence-corrected chi connectivity index (χ3v) is 7.91. The van der Waals surface area contributed by atoms with Crippen molar-refractivity contribution in [1.82, 2.24) is 9.78 Å². The Labute approximate surface area is 259 Å². The number of para-hydroxylation sites is 1. The lowest BCUT2D eigenvalue weighted by Crippen LogP contribution is -2.30. The van der Waals surface area contributed by atoms with Gasteiger partial charge in [0.15, 0.2) is 5.69 Å². The van der Waals surface area contributed by atoms with E-state index < -0.39 is 30.0 Å². The van der Waals surface area contributed by atoms with Gasteiger partial charge in [-0.15, -0.1) is 0 Å². The second-order valence-electron chi connectivity index (χ2n) is 11.1. The minimum absolute atomic E-state index is 0.146. The van der Waals surface area contributed by atoms with Crippen molar-refractivity contribution in [3.63, 3.8) is 0 Å². The number of halogens is 1. The zero-order valence-electron chi connectivity index (χ0n) is 24.5. The number of benzene rings is 4. The van der Waals surface area contributed by atoms with Gasteiger partial charge in [0.1, 0.15) is 5.82 Å². The molecule has 1 aromatic heterocycles. The molecular formula is C35H32FN5O4. The standard InChI is InChI=1S/C35H32FN5O4/c36-26-14-15-28(25(19-26)21-32(42)43)37-34(44)24-13-16-31(40-17-7-2-8-18-40)29(20-24)38-35(45)33-27-11-5-6-12-30(27)41(39-33)22-23-9-3-1-4-10-23/h1,3-6,9-16,19-20H,2,7-8,17-18,21-22H2,(H,37,44)(H,38,45)(H,42,43). The van der Waals surface area contributed by atoms with Gasteiger partial charge in [-0.05, 0) is 72.9 Å². The van der Waals surface area contributed by atoms with Crippen LogP contribution in [0.25, 0.3) is 10.9 Å². The Bertz CT molecular complexity index is 1880. The first-order valence-electron chi connectivity index (χ1n) is 14.9. The van der Waals surface area contributed by atoms with Crippen molar-refractivity contribution < 1.29 is 23.9 Å². The molecule has 0 spiro atoms. The number of hydrogen-bond donors (Lipinski definition) is 3. The molecule has 45 heavy (non-hydrogen) atoms. The fraction of sp³-hybridized carbons (Fsp3) is 0.200. The Morgan fingerprint density at radius 1 is 0.800 bits per heavy atom. The highest BCUT2D eigenvalue weighted by Crippen LogP contribution is 2.31. The van der Waals surface area contributed by atoms with Gasteiger partial charge in [-0.2, -0.15) is 5.10 Å². The maximum absolute atomic E-state index is 13.9. The first-order chi connectivity index (χ1) is 21.9. The van der Waals surface area contributed by atoms with Crippen LogP contribution < -0.4 is 15.5 Å². The van der Waals surface area contributed by atoms with Gasteiger partial charge in [0, 0.05) is 29.7 Å². The van der Waals surface area contributed by atoms with Gasteiger partial charge in [0.2, 0.25) is 0 Å². The molecule has 228 valence electrons. The smallest absolute Gasteiger partial charge is 0.307 e. The number of carboxylic acid groups (broad SMARTS) is 1. The molecule has 10 heteroatoms. The number of anilines is 3. The summed E-state index contributed by atoms with van der Waals surface area (Å²) >= 11 is 0. The van der Waals surface area contributed by atoms with E-state index in [4.69, 9.17) is 5.10 Å². The fourth-order valence-electron chi connectivity index (χ4n) is 5.73. The zero-order chi connectivity index (χ0) is 31.3. The molecule has 6 rings (SSSR count). The topological polar surface area (TPSA) is 117 Å². The summed E-state index contributed by atoms with van der Waals surface area (Å²) in [5.74, 6) is -2.67. The Hall–Kier alpha value is -5.51. The van der Waals surface area contributed by atoms with E-state index >= 15 is 0 Å². The Morgan fingerprint density at radius 3 is 2.31 bits per heavy atom. The molecule has 0 atom stereocenters. The third-order valence-electron chi connectivity index (χ3n) is 7.91. The molecule has 1 aliphatic heterocycles. The fourth-order valence-corrected chi connectivity index (χ4v) is 5.73. The summed E-state index contributed by atoms with van der Waals surface area (Å²) in [5.41, 5.74) is 3.99. The van der Waals surface area contributed by atoms with Gasteiger partial charge in [-0.25, -0.2) is 4.39 Å². The highest BCUT2D eigenvalue weighted by atomic mass is 19.1. The number of carbonyl (C=O) groups excluding carboxylic acids is 2. The largest absolute Gasteiger partial charge is 0.481 e. The molecule has 1 fully saturated rings. The summed E-state index contributed by atoms with van der Waals surface area (Å²) < 4.78 is 15.7. The maximum atomic E-state index is 13.9. The summed E-state index contributed by atoms with van der Waals surface area (Å²) in [7, 11) is 0. The van der Waals surface area contributed by atoms with Gasteiger partial charge in [0.25, 0.3) is 11.8 Å². The van der Waals surface area contributed by atoms with E-state index in [2.05, 4.69) is 15.5 Å². The molecule has 5 aromatic rings.